The molecule has 3 heterocycles. The first kappa shape index (κ1) is 41.0. The molecule has 5 rings (SSSR count). The fourth-order valence-corrected chi connectivity index (χ4v) is 6.58. The molecule has 296 valence electrons. The number of benzene rings is 2. The summed E-state index contributed by atoms with van der Waals surface area (Å²) in [4.78, 5) is 79.9. The van der Waals surface area contributed by atoms with Crippen LogP contribution in [0.4, 0.5) is 4.79 Å². The molecule has 0 spiro atoms. The van der Waals surface area contributed by atoms with Crippen LogP contribution in [0.2, 0.25) is 0 Å². The first-order chi connectivity index (χ1) is 27.2. The number of nitrogens with one attached hydrogen (secondary N) is 6. The van der Waals surface area contributed by atoms with Crippen molar-refractivity contribution in [3.63, 3.8) is 0 Å². The van der Waals surface area contributed by atoms with Crippen LogP contribution < -0.4 is 27.0 Å². The van der Waals surface area contributed by atoms with Gasteiger partial charge in [0.15, 0.2) is 0 Å². The molecule has 1 unspecified atom stereocenters. The van der Waals surface area contributed by atoms with Crippen molar-refractivity contribution in [3.8, 4) is 0 Å². The van der Waals surface area contributed by atoms with E-state index in [1.807, 2.05) is 80.0 Å². The zero-order chi connectivity index (χ0) is 39.7. The van der Waals surface area contributed by atoms with Crippen LogP contribution in [0.5, 0.6) is 0 Å². The molecule has 3 aromatic heterocycles. The summed E-state index contributed by atoms with van der Waals surface area (Å²) in [6.45, 7) is 2.93. The third-order valence-corrected chi connectivity index (χ3v) is 9.49. The molecule has 56 heavy (non-hydrogen) atoms. The number of aromatic amines is 2. The van der Waals surface area contributed by atoms with E-state index in [9.17, 15) is 24.0 Å². The first-order valence-corrected chi connectivity index (χ1v) is 19.1. The molecule has 0 aliphatic rings. The Hall–Kier alpha value is -6.22. The summed E-state index contributed by atoms with van der Waals surface area (Å²) >= 11 is 0. The standard InChI is InChI=1S/C41H52N10O5/c1-2-17-45-37(52)27-51(21-16-31-25-48-35-13-6-4-11-33(31)35)40(55)36(14-8-19-46-41(42)56)49-38(53)28-50(39(54)26-44-23-29-9-7-18-43-22-29)20-15-30-24-47-34-12-5-3-10-32(30)34/h3-7,9-13,18,22,24-25,36,44,47-48H,2,8,14-17,19-21,23,26-28H2,1H3,(H,45,52)(H,49,53)(H3,42,46,56). The maximum absolute atomic E-state index is 14.4. The Morgan fingerprint density at radius 1 is 0.786 bits per heavy atom. The summed E-state index contributed by atoms with van der Waals surface area (Å²) in [7, 11) is 0. The Bertz CT molecular complexity index is 2060. The van der Waals surface area contributed by atoms with Crippen molar-refractivity contribution >= 4 is 51.5 Å². The van der Waals surface area contributed by atoms with Crippen molar-refractivity contribution in [3.05, 3.63) is 102 Å². The summed E-state index contributed by atoms with van der Waals surface area (Å²) in [5.41, 5.74) is 10.1. The Morgan fingerprint density at radius 3 is 2.05 bits per heavy atom. The summed E-state index contributed by atoms with van der Waals surface area (Å²) in [5, 5.41) is 13.4. The number of hydrogen-bond acceptors (Lipinski definition) is 7. The van der Waals surface area contributed by atoms with E-state index in [2.05, 4.69) is 36.2 Å². The van der Waals surface area contributed by atoms with Crippen LogP contribution in [0.15, 0.2) is 85.5 Å². The van der Waals surface area contributed by atoms with Crippen molar-refractivity contribution in [1.82, 2.24) is 46.0 Å². The van der Waals surface area contributed by atoms with Gasteiger partial charge in [0.1, 0.15) is 6.04 Å². The second kappa shape index (κ2) is 21.0. The predicted molar refractivity (Wildman–Crippen MR) is 215 cm³/mol. The van der Waals surface area contributed by atoms with E-state index < -0.39 is 23.9 Å². The highest BCUT2D eigenvalue weighted by atomic mass is 16.2. The molecule has 15 heteroatoms. The predicted octanol–water partition coefficient (Wildman–Crippen LogP) is 2.74. The number of primary amides is 1. The van der Waals surface area contributed by atoms with E-state index in [1.54, 1.807) is 12.4 Å². The lowest BCUT2D eigenvalue weighted by Crippen LogP contribution is -2.54. The normalized spacial score (nSPS) is 11.6. The number of urea groups is 1. The summed E-state index contributed by atoms with van der Waals surface area (Å²) in [5.74, 6) is -1.57. The van der Waals surface area contributed by atoms with Gasteiger partial charge in [-0.3, -0.25) is 24.2 Å². The number of amides is 6. The maximum Gasteiger partial charge on any atom is 0.312 e. The zero-order valence-corrected chi connectivity index (χ0v) is 31.8. The molecule has 0 bridgehead atoms. The Labute approximate surface area is 326 Å². The fourth-order valence-electron chi connectivity index (χ4n) is 6.58. The second-order valence-corrected chi connectivity index (χ2v) is 13.7. The number of nitrogens with two attached hydrogens (primary N) is 1. The number of pyridine rings is 1. The quantitative estimate of drug-likeness (QED) is 0.0524. The van der Waals surface area contributed by atoms with Gasteiger partial charge in [-0.2, -0.15) is 0 Å². The van der Waals surface area contributed by atoms with Crippen LogP contribution in [0.3, 0.4) is 0 Å². The average Bonchev–Trinajstić information content (AvgIpc) is 3.82. The number of nitrogens with zero attached hydrogens (tertiary/aromatic N) is 3. The highest BCUT2D eigenvalue weighted by molar-refractivity contribution is 5.92. The molecule has 0 saturated carbocycles. The maximum atomic E-state index is 14.4. The van der Waals surface area contributed by atoms with Gasteiger partial charge in [-0.05, 0) is 67.0 Å². The third-order valence-electron chi connectivity index (χ3n) is 9.49. The molecular weight excluding hydrogens is 713 g/mol. The molecule has 15 nitrogen and oxygen atoms in total. The average molecular weight is 765 g/mol. The van der Waals surface area contributed by atoms with Crippen LogP contribution >= 0.6 is 0 Å². The molecule has 0 fully saturated rings. The summed E-state index contributed by atoms with van der Waals surface area (Å²) in [6, 6.07) is 17.7. The third kappa shape index (κ3) is 12.1. The Kier molecular flexibility index (Phi) is 15.4. The number of carbonyl (C=O) groups excluding carboxylic acids is 5. The number of rotatable bonds is 22. The monoisotopic (exact) mass is 764 g/mol. The van der Waals surface area contributed by atoms with Crippen molar-refractivity contribution in [2.24, 2.45) is 5.73 Å². The first-order valence-electron chi connectivity index (χ1n) is 19.1. The largest absolute Gasteiger partial charge is 0.361 e. The van der Waals surface area contributed by atoms with Crippen LogP contribution in [0.1, 0.15) is 42.9 Å². The van der Waals surface area contributed by atoms with Crippen LogP contribution in [0, 0.1) is 0 Å². The van der Waals surface area contributed by atoms with Gasteiger partial charge in [0.05, 0.1) is 19.6 Å². The van der Waals surface area contributed by atoms with Crippen LogP contribution in [0.25, 0.3) is 21.8 Å². The van der Waals surface area contributed by atoms with E-state index in [4.69, 9.17) is 5.73 Å². The van der Waals surface area contributed by atoms with Gasteiger partial charge in [0, 0.05) is 79.3 Å². The van der Waals surface area contributed by atoms with Gasteiger partial charge in [0.2, 0.25) is 23.6 Å². The van der Waals surface area contributed by atoms with E-state index >= 15 is 0 Å². The van der Waals surface area contributed by atoms with E-state index in [-0.39, 0.29) is 57.5 Å². The van der Waals surface area contributed by atoms with Crippen molar-refractivity contribution < 1.29 is 24.0 Å². The minimum absolute atomic E-state index is 0.0221. The number of carbonyl (C=O) groups is 5. The summed E-state index contributed by atoms with van der Waals surface area (Å²) < 4.78 is 0. The second-order valence-electron chi connectivity index (χ2n) is 13.7. The number of H-pyrrole nitrogens is 2. The minimum Gasteiger partial charge on any atom is -0.361 e. The van der Waals surface area contributed by atoms with Crippen molar-refractivity contribution in [2.75, 3.05) is 45.8 Å². The molecule has 1 atom stereocenters. The van der Waals surface area contributed by atoms with Crippen LogP contribution in [-0.4, -0.2) is 106 Å². The molecule has 8 N–H and O–H groups in total. The molecule has 0 saturated heterocycles. The number of aromatic nitrogens is 3. The lowest BCUT2D eigenvalue weighted by molar-refractivity contribution is -0.140. The van der Waals surface area contributed by atoms with Gasteiger partial charge in [-0.15, -0.1) is 0 Å². The lowest BCUT2D eigenvalue weighted by Gasteiger charge is -2.29. The highest BCUT2D eigenvalue weighted by Gasteiger charge is 2.29. The zero-order valence-electron chi connectivity index (χ0n) is 31.8. The molecule has 0 radical (unpaired) electrons. The van der Waals surface area contributed by atoms with Crippen molar-refractivity contribution in [2.45, 2.75) is 51.6 Å². The molecule has 0 aliphatic carbocycles. The molecule has 6 amide bonds. The summed E-state index contributed by atoms with van der Waals surface area (Å²) in [6.07, 6.45) is 9.35. The highest BCUT2D eigenvalue weighted by Crippen LogP contribution is 2.20. The van der Waals surface area contributed by atoms with Gasteiger partial charge >= 0.3 is 6.03 Å². The van der Waals surface area contributed by atoms with Gasteiger partial charge in [0.25, 0.3) is 0 Å². The van der Waals surface area contributed by atoms with E-state index in [0.29, 0.717) is 32.4 Å². The van der Waals surface area contributed by atoms with E-state index in [0.717, 1.165) is 44.9 Å². The number of fused-ring (bicyclic) bond motifs is 2. The van der Waals surface area contributed by atoms with Gasteiger partial charge < -0.3 is 46.8 Å². The SMILES string of the molecule is CCCNC(=O)CN(CCc1c[nH]c2ccccc12)C(=O)C(CCCNC(N)=O)NC(=O)CN(CCc1c[nH]c2ccccc12)C(=O)CNCc1cccnc1. The van der Waals surface area contributed by atoms with Crippen LogP contribution in [-0.2, 0) is 38.6 Å². The Balaban J connectivity index is 1.32. The molecular formula is C41H52N10O5. The molecule has 5 aromatic rings. The molecule has 2 aromatic carbocycles. The van der Waals surface area contributed by atoms with Gasteiger partial charge in [-0.1, -0.05) is 49.4 Å². The topological polar surface area (TPSA) is 210 Å². The lowest BCUT2D eigenvalue weighted by atomic mass is 10.1. The Morgan fingerprint density at radius 2 is 1.43 bits per heavy atom. The van der Waals surface area contributed by atoms with Crippen molar-refractivity contribution in [1.29, 1.82) is 0 Å². The smallest absolute Gasteiger partial charge is 0.312 e. The van der Waals surface area contributed by atoms with Gasteiger partial charge in [-0.25, -0.2) is 4.79 Å². The number of hydrogen-bond donors (Lipinski definition) is 7. The minimum atomic E-state index is -1.05. The number of para-hydroxylation sites is 2. The van der Waals surface area contributed by atoms with E-state index in [1.165, 1.54) is 9.80 Å². The molecule has 0 aliphatic heterocycles. The fraction of sp³-hybridized carbons (Fsp3) is 0.366.